The van der Waals surface area contributed by atoms with E-state index in [4.69, 9.17) is 37.8 Å². The van der Waals surface area contributed by atoms with E-state index in [2.05, 4.69) is 15.0 Å². The molecule has 33 heavy (non-hydrogen) atoms. The summed E-state index contributed by atoms with van der Waals surface area (Å²) in [6.07, 6.45) is -0.208. The fraction of sp³-hybridized carbons (Fsp3) is 0.643. The second-order valence-electron chi connectivity index (χ2n) is 7.52. The summed E-state index contributed by atoms with van der Waals surface area (Å²) >= 11 is 0. The van der Waals surface area contributed by atoms with Gasteiger partial charge in [-0.2, -0.15) is 4.52 Å². The molecular weight excluding hydrogens is 507 g/mol. The standard InChI is InChI=1S/C14H20N5O11P3/c1-24-14-27-9-7(3-25-31(2)29-32(20,21)6-33(22,23)30-31)26-13(10(9)28-14)19-5-18-8-11(15)16-4-17-12(8)19/h4-5,7,9-10,13-14H,3,6H2,1-2H3,(H3-,15,16,17,20,21,22,23)/p+1/t7-,9-,10-,13-,14?/m1/s1. The van der Waals surface area contributed by atoms with Crippen molar-refractivity contribution in [3.63, 3.8) is 0 Å². The Morgan fingerprint density at radius 2 is 1.88 bits per heavy atom. The van der Waals surface area contributed by atoms with Gasteiger partial charge in [-0.3, -0.25) is 13.7 Å². The van der Waals surface area contributed by atoms with Gasteiger partial charge in [0.25, 0.3) is 6.48 Å². The molecule has 3 saturated heterocycles. The summed E-state index contributed by atoms with van der Waals surface area (Å²) < 4.78 is 64.1. The molecule has 3 fully saturated rings. The van der Waals surface area contributed by atoms with Crippen LogP contribution in [0.25, 0.3) is 11.2 Å². The monoisotopic (exact) mass is 528 g/mol. The normalized spacial score (nSPS) is 43.2. The van der Waals surface area contributed by atoms with Gasteiger partial charge >= 0.3 is 23.1 Å². The number of imidazole rings is 1. The van der Waals surface area contributed by atoms with Crippen LogP contribution in [0.5, 0.6) is 0 Å². The lowest BCUT2D eigenvalue weighted by molar-refractivity contribution is -0.256. The molecular formula is C14H21N5O11P3+. The minimum atomic E-state index is -4.38. The van der Waals surface area contributed by atoms with Gasteiger partial charge in [0.2, 0.25) is 0 Å². The van der Waals surface area contributed by atoms with Crippen LogP contribution in [-0.2, 0) is 41.2 Å². The number of methoxy groups -OCH3 is 1. The lowest BCUT2D eigenvalue weighted by atomic mass is 10.1. The Labute approximate surface area is 186 Å². The van der Waals surface area contributed by atoms with Gasteiger partial charge in [0.1, 0.15) is 43.4 Å². The number of aromatic nitrogens is 4. The second kappa shape index (κ2) is 8.23. The number of nitrogens with two attached hydrogens (primary N) is 1. The van der Waals surface area contributed by atoms with Crippen LogP contribution in [0.2, 0.25) is 0 Å². The summed E-state index contributed by atoms with van der Waals surface area (Å²) in [5, 5.41) is 0. The largest absolute Gasteiger partial charge is 0.428 e. The third-order valence-electron chi connectivity index (χ3n) is 5.06. The molecule has 0 aromatic carbocycles. The molecule has 16 nitrogen and oxygen atoms in total. The number of ether oxygens (including phenoxy) is 4. The maximum atomic E-state index is 12.0. The van der Waals surface area contributed by atoms with E-state index in [0.717, 1.165) is 0 Å². The number of rotatable bonds is 5. The second-order valence-corrected chi connectivity index (χ2v) is 14.3. The van der Waals surface area contributed by atoms with Crippen LogP contribution in [0.3, 0.4) is 0 Å². The van der Waals surface area contributed by atoms with Gasteiger partial charge in [0.05, 0.1) is 6.33 Å². The molecule has 0 spiro atoms. The van der Waals surface area contributed by atoms with E-state index in [1.165, 1.54) is 26.4 Å². The summed E-state index contributed by atoms with van der Waals surface area (Å²) in [7, 11) is -11.0. The maximum absolute atomic E-state index is 12.0. The van der Waals surface area contributed by atoms with Crippen LogP contribution in [0.15, 0.2) is 12.7 Å². The molecule has 0 radical (unpaired) electrons. The minimum Gasteiger partial charge on any atom is -0.382 e. The van der Waals surface area contributed by atoms with Gasteiger partial charge in [-0.25, -0.2) is 15.0 Å². The lowest BCUT2D eigenvalue weighted by Gasteiger charge is -2.28. The number of hydrogen-bond donors (Lipinski definition) is 3. The summed E-state index contributed by atoms with van der Waals surface area (Å²) in [5.41, 5.74) is 6.64. The molecule has 0 amide bonds. The average Bonchev–Trinajstić information content (AvgIpc) is 3.37. The molecule has 5 rings (SSSR count). The molecule has 2 aromatic heterocycles. The number of fused-ring (bicyclic) bond motifs is 2. The van der Waals surface area contributed by atoms with Crippen LogP contribution in [0.1, 0.15) is 6.23 Å². The van der Waals surface area contributed by atoms with Crippen LogP contribution in [-0.4, -0.2) is 80.4 Å². The van der Waals surface area contributed by atoms with Crippen molar-refractivity contribution in [2.45, 2.75) is 31.0 Å². The molecule has 3 unspecified atom stereocenters. The highest BCUT2D eigenvalue weighted by molar-refractivity contribution is 7.84. The van der Waals surface area contributed by atoms with Gasteiger partial charge < -0.3 is 34.5 Å². The first-order chi connectivity index (χ1) is 15.5. The molecule has 3 aliphatic heterocycles. The van der Waals surface area contributed by atoms with Gasteiger partial charge in [-0.15, -0.1) is 0 Å². The Balaban J connectivity index is 1.39. The van der Waals surface area contributed by atoms with Crippen LogP contribution < -0.4 is 5.73 Å². The molecule has 5 heterocycles. The van der Waals surface area contributed by atoms with Crippen LogP contribution >= 0.6 is 23.1 Å². The summed E-state index contributed by atoms with van der Waals surface area (Å²) in [6, 6.07) is 0. The highest BCUT2D eigenvalue weighted by atomic mass is 31.3. The third-order valence-corrected chi connectivity index (χ3v) is 13.0. The summed E-state index contributed by atoms with van der Waals surface area (Å²) in [6.45, 7) is -0.0355. The average molecular weight is 528 g/mol. The van der Waals surface area contributed by atoms with Crippen LogP contribution in [0.4, 0.5) is 5.82 Å². The summed E-state index contributed by atoms with van der Waals surface area (Å²) in [5.74, 6) is -0.825. The third kappa shape index (κ3) is 4.47. The van der Waals surface area contributed by atoms with Crippen molar-refractivity contribution in [1.29, 1.82) is 0 Å². The fourth-order valence-electron chi connectivity index (χ4n) is 3.84. The first kappa shape index (κ1) is 23.6. The SMILES string of the molecule is COC1O[C@@H]2[C@H](O1)[C@@H](CO[P+]1(C)OP(=O)(O)CP(=O)(O)O1)O[C@H]2n1cnc2c(N)ncnc21. The van der Waals surface area contributed by atoms with E-state index < -0.39 is 60.1 Å². The van der Waals surface area contributed by atoms with Crippen molar-refractivity contribution in [3.05, 3.63) is 12.7 Å². The minimum absolute atomic E-state index is 0.192. The highest BCUT2D eigenvalue weighted by Crippen LogP contribution is 2.82. The summed E-state index contributed by atoms with van der Waals surface area (Å²) in [4.78, 5) is 31.9. The van der Waals surface area contributed by atoms with E-state index >= 15 is 0 Å². The molecule has 4 N–H and O–H groups in total. The Hall–Kier alpha value is -1.12. The van der Waals surface area contributed by atoms with E-state index in [-0.39, 0.29) is 12.4 Å². The van der Waals surface area contributed by atoms with Crippen molar-refractivity contribution < 1.29 is 51.0 Å². The number of anilines is 1. The molecule has 19 heteroatoms. The first-order valence-corrected chi connectivity index (χ1v) is 15.0. The molecule has 182 valence electrons. The molecule has 3 aliphatic rings. The predicted molar refractivity (Wildman–Crippen MR) is 110 cm³/mol. The molecule has 0 aliphatic carbocycles. The van der Waals surface area contributed by atoms with E-state index in [9.17, 15) is 18.9 Å². The molecule has 0 bridgehead atoms. The first-order valence-electron chi connectivity index (χ1n) is 9.49. The highest BCUT2D eigenvalue weighted by Gasteiger charge is 2.62. The molecule has 7 atom stereocenters. The smallest absolute Gasteiger partial charge is 0.382 e. The fourth-order valence-corrected chi connectivity index (χ4v) is 11.9. The Bertz CT molecular complexity index is 1140. The Kier molecular flexibility index (Phi) is 5.89. The Morgan fingerprint density at radius 1 is 1.18 bits per heavy atom. The quantitative estimate of drug-likeness (QED) is 0.459. The predicted octanol–water partition coefficient (Wildman–Crippen LogP) is 0.804. The molecule has 0 saturated carbocycles. The van der Waals surface area contributed by atoms with Crippen molar-refractivity contribution in [1.82, 2.24) is 19.5 Å². The van der Waals surface area contributed by atoms with E-state index in [0.29, 0.717) is 11.2 Å². The number of nitrogens with zero attached hydrogens (tertiary/aromatic N) is 4. The maximum Gasteiger partial charge on any atom is 0.428 e. The van der Waals surface area contributed by atoms with Crippen molar-refractivity contribution >= 4 is 40.1 Å². The topological polar surface area (TPSA) is 209 Å². The number of hydrogen-bond acceptors (Lipinski definition) is 13. The van der Waals surface area contributed by atoms with Crippen molar-refractivity contribution in [3.8, 4) is 0 Å². The molecule has 2 aromatic rings. The Morgan fingerprint density at radius 3 is 2.58 bits per heavy atom. The van der Waals surface area contributed by atoms with Crippen LogP contribution in [0, 0.1) is 0 Å². The van der Waals surface area contributed by atoms with Gasteiger partial charge in [0, 0.05) is 7.11 Å². The van der Waals surface area contributed by atoms with Gasteiger partial charge in [-0.1, -0.05) is 8.62 Å². The van der Waals surface area contributed by atoms with E-state index in [1.54, 1.807) is 4.57 Å². The van der Waals surface area contributed by atoms with Gasteiger partial charge in [-0.05, 0) is 0 Å². The van der Waals surface area contributed by atoms with Gasteiger partial charge in [0.15, 0.2) is 23.6 Å². The van der Waals surface area contributed by atoms with Crippen molar-refractivity contribution in [2.24, 2.45) is 0 Å². The lowest BCUT2D eigenvalue weighted by Crippen LogP contribution is -2.32. The van der Waals surface area contributed by atoms with E-state index in [1.807, 2.05) is 0 Å². The zero-order valence-corrected chi connectivity index (χ0v) is 19.9. The zero-order valence-electron chi connectivity index (χ0n) is 17.2. The number of nitrogen functional groups attached to an aromatic ring is 1. The zero-order chi connectivity index (χ0) is 23.6. The van der Waals surface area contributed by atoms with Crippen molar-refractivity contribution in [2.75, 3.05) is 32.0 Å².